The van der Waals surface area contributed by atoms with Gasteiger partial charge in [-0.2, -0.15) is 0 Å². The third-order valence-corrected chi connectivity index (χ3v) is 3.47. The molecule has 78 valence electrons. The third-order valence-electron chi connectivity index (χ3n) is 3.47. The minimum atomic E-state index is -0.718. The summed E-state index contributed by atoms with van der Waals surface area (Å²) in [6.45, 7) is 4.31. The number of likely N-dealkylation sites (tertiary alicyclic amines) is 1. The Morgan fingerprint density at radius 1 is 1.46 bits per heavy atom. The Balaban J connectivity index is 2.58. The summed E-state index contributed by atoms with van der Waals surface area (Å²) in [5.41, 5.74) is 5.41. The van der Waals surface area contributed by atoms with Crippen molar-refractivity contribution in [1.82, 2.24) is 4.90 Å². The third kappa shape index (κ3) is 2.41. The van der Waals surface area contributed by atoms with Gasteiger partial charge in [0.15, 0.2) is 0 Å². The summed E-state index contributed by atoms with van der Waals surface area (Å²) >= 11 is 0. The van der Waals surface area contributed by atoms with Crippen molar-refractivity contribution in [1.29, 1.82) is 0 Å². The van der Waals surface area contributed by atoms with E-state index in [9.17, 15) is 4.39 Å². The lowest BCUT2D eigenvalue weighted by Gasteiger charge is -2.41. The van der Waals surface area contributed by atoms with Gasteiger partial charge in [-0.1, -0.05) is 0 Å². The summed E-state index contributed by atoms with van der Waals surface area (Å²) < 4.78 is 13.5. The summed E-state index contributed by atoms with van der Waals surface area (Å²) in [4.78, 5) is 2.26. The van der Waals surface area contributed by atoms with Gasteiger partial charge in [0.1, 0.15) is 6.17 Å². The molecular formula is C10H21FN2. The Hall–Kier alpha value is -0.150. The highest BCUT2D eigenvalue weighted by atomic mass is 19.1. The topological polar surface area (TPSA) is 29.3 Å². The van der Waals surface area contributed by atoms with Crippen LogP contribution in [0.1, 0.15) is 26.2 Å². The Morgan fingerprint density at radius 2 is 2.00 bits per heavy atom. The van der Waals surface area contributed by atoms with Gasteiger partial charge in [0.05, 0.1) is 0 Å². The summed E-state index contributed by atoms with van der Waals surface area (Å²) in [5, 5.41) is 0. The Bertz CT molecular complexity index is 151. The molecule has 0 radical (unpaired) electrons. The molecule has 1 rings (SSSR count). The minimum absolute atomic E-state index is 0.124. The number of halogens is 1. The minimum Gasteiger partial charge on any atom is -0.330 e. The molecule has 1 aliphatic heterocycles. The quantitative estimate of drug-likeness (QED) is 0.725. The first kappa shape index (κ1) is 10.9. The van der Waals surface area contributed by atoms with Crippen molar-refractivity contribution in [3.05, 3.63) is 0 Å². The number of hydrogen-bond acceptors (Lipinski definition) is 2. The lowest BCUT2D eigenvalue weighted by Crippen LogP contribution is -2.43. The summed E-state index contributed by atoms with van der Waals surface area (Å²) in [6.07, 6.45) is 2.03. The zero-order valence-corrected chi connectivity index (χ0v) is 8.72. The first-order valence-corrected chi connectivity index (χ1v) is 5.13. The number of rotatable bonds is 3. The fourth-order valence-corrected chi connectivity index (χ4v) is 2.20. The van der Waals surface area contributed by atoms with Crippen molar-refractivity contribution in [2.45, 2.75) is 32.4 Å². The molecule has 1 saturated heterocycles. The van der Waals surface area contributed by atoms with Crippen LogP contribution in [0.4, 0.5) is 4.39 Å². The molecule has 2 nitrogen and oxygen atoms in total. The zero-order valence-electron chi connectivity index (χ0n) is 8.72. The van der Waals surface area contributed by atoms with Crippen LogP contribution in [0.5, 0.6) is 0 Å². The Morgan fingerprint density at radius 3 is 2.38 bits per heavy atom. The summed E-state index contributed by atoms with van der Waals surface area (Å²) in [5.74, 6) is 0. The second kappa shape index (κ2) is 4.38. The van der Waals surface area contributed by atoms with Crippen LogP contribution >= 0.6 is 0 Å². The average Bonchev–Trinajstić information content (AvgIpc) is 2.09. The van der Waals surface area contributed by atoms with Gasteiger partial charge < -0.3 is 10.6 Å². The maximum absolute atomic E-state index is 13.5. The van der Waals surface area contributed by atoms with Crippen molar-refractivity contribution >= 4 is 0 Å². The SMILES string of the molecule is CC(F)C1(CCN)CCN(C)CC1. The molecule has 2 N–H and O–H groups in total. The molecule has 3 heteroatoms. The lowest BCUT2D eigenvalue weighted by atomic mass is 9.72. The van der Waals surface area contributed by atoms with E-state index in [-0.39, 0.29) is 5.41 Å². The van der Waals surface area contributed by atoms with Crippen LogP contribution in [0, 0.1) is 5.41 Å². The highest BCUT2D eigenvalue weighted by Gasteiger charge is 2.38. The Labute approximate surface area is 80.3 Å². The molecule has 0 saturated carbocycles. The fourth-order valence-electron chi connectivity index (χ4n) is 2.20. The molecule has 1 unspecified atom stereocenters. The molecule has 0 bridgehead atoms. The Kier molecular flexibility index (Phi) is 3.68. The van der Waals surface area contributed by atoms with Crippen LogP contribution in [0.2, 0.25) is 0 Å². The van der Waals surface area contributed by atoms with E-state index < -0.39 is 6.17 Å². The van der Waals surface area contributed by atoms with E-state index in [1.54, 1.807) is 6.92 Å². The number of nitrogens with two attached hydrogens (primary N) is 1. The van der Waals surface area contributed by atoms with E-state index in [0.29, 0.717) is 6.54 Å². The number of hydrogen-bond donors (Lipinski definition) is 1. The lowest BCUT2D eigenvalue weighted by molar-refractivity contribution is 0.0367. The normalized spacial score (nSPS) is 25.8. The molecule has 1 aliphatic rings. The van der Waals surface area contributed by atoms with Crippen LogP contribution in [-0.2, 0) is 0 Å². The van der Waals surface area contributed by atoms with Crippen molar-refractivity contribution in [3.8, 4) is 0 Å². The zero-order chi connectivity index (χ0) is 9.90. The van der Waals surface area contributed by atoms with E-state index in [2.05, 4.69) is 11.9 Å². The number of nitrogens with zero attached hydrogens (tertiary/aromatic N) is 1. The monoisotopic (exact) mass is 188 g/mol. The van der Waals surface area contributed by atoms with Crippen molar-refractivity contribution in [2.24, 2.45) is 11.1 Å². The van der Waals surface area contributed by atoms with Crippen molar-refractivity contribution in [2.75, 3.05) is 26.7 Å². The van der Waals surface area contributed by atoms with E-state index in [0.717, 1.165) is 32.4 Å². The van der Waals surface area contributed by atoms with E-state index in [1.807, 2.05) is 0 Å². The molecule has 1 fully saturated rings. The molecule has 13 heavy (non-hydrogen) atoms. The van der Waals surface area contributed by atoms with Crippen LogP contribution in [-0.4, -0.2) is 37.8 Å². The van der Waals surface area contributed by atoms with Gasteiger partial charge in [-0.05, 0) is 52.9 Å². The van der Waals surface area contributed by atoms with Gasteiger partial charge in [0.2, 0.25) is 0 Å². The molecule has 0 aromatic rings. The smallest absolute Gasteiger partial charge is 0.103 e. The maximum atomic E-state index is 13.5. The van der Waals surface area contributed by atoms with Crippen molar-refractivity contribution < 1.29 is 4.39 Å². The second-order valence-corrected chi connectivity index (χ2v) is 4.32. The van der Waals surface area contributed by atoms with Crippen LogP contribution in [0.15, 0.2) is 0 Å². The van der Waals surface area contributed by atoms with Crippen molar-refractivity contribution in [3.63, 3.8) is 0 Å². The molecule has 0 amide bonds. The largest absolute Gasteiger partial charge is 0.330 e. The second-order valence-electron chi connectivity index (χ2n) is 4.32. The van der Waals surface area contributed by atoms with E-state index in [1.165, 1.54) is 0 Å². The molecule has 1 heterocycles. The van der Waals surface area contributed by atoms with E-state index in [4.69, 9.17) is 5.73 Å². The predicted octanol–water partition coefficient (Wildman–Crippen LogP) is 1.41. The number of alkyl halides is 1. The van der Waals surface area contributed by atoms with Gasteiger partial charge in [-0.15, -0.1) is 0 Å². The molecule has 0 aromatic carbocycles. The molecule has 0 aromatic heterocycles. The van der Waals surface area contributed by atoms with Crippen LogP contribution in [0.25, 0.3) is 0 Å². The standard InChI is InChI=1S/C10H21FN2/c1-9(11)10(3-6-12)4-7-13(2)8-5-10/h9H,3-8,12H2,1-2H3. The average molecular weight is 188 g/mol. The highest BCUT2D eigenvalue weighted by Crippen LogP contribution is 2.39. The van der Waals surface area contributed by atoms with Gasteiger partial charge in [-0.3, -0.25) is 0 Å². The predicted molar refractivity (Wildman–Crippen MR) is 53.4 cm³/mol. The van der Waals surface area contributed by atoms with Gasteiger partial charge in [-0.25, -0.2) is 4.39 Å². The maximum Gasteiger partial charge on any atom is 0.103 e. The highest BCUT2D eigenvalue weighted by molar-refractivity contribution is 4.89. The first-order valence-electron chi connectivity index (χ1n) is 5.13. The summed E-state index contributed by atoms with van der Waals surface area (Å²) in [7, 11) is 2.09. The fraction of sp³-hybridized carbons (Fsp3) is 1.00. The molecular weight excluding hydrogens is 167 g/mol. The van der Waals surface area contributed by atoms with E-state index >= 15 is 0 Å². The van der Waals surface area contributed by atoms with Gasteiger partial charge >= 0.3 is 0 Å². The van der Waals surface area contributed by atoms with Gasteiger partial charge in [0.25, 0.3) is 0 Å². The number of piperidine rings is 1. The van der Waals surface area contributed by atoms with Gasteiger partial charge in [0, 0.05) is 5.41 Å². The van der Waals surface area contributed by atoms with Crippen LogP contribution < -0.4 is 5.73 Å². The first-order chi connectivity index (χ1) is 6.10. The summed E-state index contributed by atoms with van der Waals surface area (Å²) in [6, 6.07) is 0. The molecule has 0 spiro atoms. The molecule has 0 aliphatic carbocycles. The van der Waals surface area contributed by atoms with Crippen LogP contribution in [0.3, 0.4) is 0 Å². The molecule has 1 atom stereocenters.